The lowest BCUT2D eigenvalue weighted by Gasteiger charge is -2.11. The van der Waals surface area contributed by atoms with E-state index in [9.17, 15) is 0 Å². The van der Waals surface area contributed by atoms with Gasteiger partial charge in [-0.05, 0) is 60.5 Å². The van der Waals surface area contributed by atoms with E-state index in [0.29, 0.717) is 5.11 Å². The smallest absolute Gasteiger partial charge is 0.170 e. The van der Waals surface area contributed by atoms with Crippen LogP contribution >= 0.6 is 12.2 Å². The Hall–Kier alpha value is -2.39. The lowest BCUT2D eigenvalue weighted by molar-refractivity contribution is 0.780. The van der Waals surface area contributed by atoms with Crippen LogP contribution in [0, 0.1) is 6.92 Å². The number of nitrogens with one attached hydrogen (secondary N) is 2. The third-order valence-corrected chi connectivity index (χ3v) is 4.34. The molecule has 0 aliphatic rings. The summed E-state index contributed by atoms with van der Waals surface area (Å²) in [5.41, 5.74) is 3.66. The van der Waals surface area contributed by atoms with Gasteiger partial charge in [0.1, 0.15) is 0 Å². The maximum absolute atomic E-state index is 5.35. The van der Waals surface area contributed by atoms with Crippen molar-refractivity contribution in [3.05, 3.63) is 77.9 Å². The molecule has 24 heavy (non-hydrogen) atoms. The Balaban J connectivity index is 1.48. The summed E-state index contributed by atoms with van der Waals surface area (Å²) < 4.78 is 0. The van der Waals surface area contributed by atoms with Crippen LogP contribution in [0.1, 0.15) is 17.5 Å². The Morgan fingerprint density at radius 1 is 0.917 bits per heavy atom. The molecular formula is C21H22N2S. The van der Waals surface area contributed by atoms with Gasteiger partial charge in [-0.15, -0.1) is 0 Å². The van der Waals surface area contributed by atoms with Crippen molar-refractivity contribution in [2.45, 2.75) is 19.8 Å². The van der Waals surface area contributed by atoms with Crippen LogP contribution in [0.5, 0.6) is 0 Å². The van der Waals surface area contributed by atoms with E-state index in [1.807, 2.05) is 12.1 Å². The van der Waals surface area contributed by atoms with Crippen molar-refractivity contribution < 1.29 is 0 Å². The zero-order valence-corrected chi connectivity index (χ0v) is 14.7. The van der Waals surface area contributed by atoms with Gasteiger partial charge in [0.25, 0.3) is 0 Å². The van der Waals surface area contributed by atoms with Crippen LogP contribution in [-0.4, -0.2) is 11.7 Å². The summed E-state index contributed by atoms with van der Waals surface area (Å²) >= 11 is 5.35. The molecule has 0 aliphatic heterocycles. The van der Waals surface area contributed by atoms with Crippen molar-refractivity contribution in [1.82, 2.24) is 5.32 Å². The molecule has 0 aliphatic carbocycles. The molecule has 0 atom stereocenters. The third-order valence-electron chi connectivity index (χ3n) is 4.10. The average Bonchev–Trinajstić information content (AvgIpc) is 2.61. The van der Waals surface area contributed by atoms with E-state index < -0.39 is 0 Å². The van der Waals surface area contributed by atoms with Crippen molar-refractivity contribution in [2.75, 3.05) is 11.9 Å². The van der Waals surface area contributed by atoms with Crippen molar-refractivity contribution in [1.29, 1.82) is 0 Å². The van der Waals surface area contributed by atoms with Crippen molar-refractivity contribution >= 4 is 33.8 Å². The fraction of sp³-hybridized carbons (Fsp3) is 0.190. The molecule has 0 radical (unpaired) electrons. The van der Waals surface area contributed by atoms with Gasteiger partial charge in [-0.1, -0.05) is 60.2 Å². The number of hydrogen-bond donors (Lipinski definition) is 2. The summed E-state index contributed by atoms with van der Waals surface area (Å²) in [5, 5.41) is 9.83. The Bertz CT molecular complexity index is 819. The predicted octanol–water partition coefficient (Wildman–Crippen LogP) is 5.07. The first-order valence-electron chi connectivity index (χ1n) is 8.30. The highest BCUT2D eigenvalue weighted by Gasteiger charge is 2.01. The SMILES string of the molecule is Cc1ccc(NC(=S)NCCCc2cccc3ccccc23)cc1. The first-order valence-corrected chi connectivity index (χ1v) is 8.71. The second-order valence-corrected chi connectivity index (χ2v) is 6.40. The molecule has 3 aromatic carbocycles. The van der Waals surface area contributed by atoms with Crippen LogP contribution < -0.4 is 10.6 Å². The van der Waals surface area contributed by atoms with Gasteiger partial charge in [-0.2, -0.15) is 0 Å². The van der Waals surface area contributed by atoms with Crippen molar-refractivity contribution in [3.63, 3.8) is 0 Å². The molecule has 2 nitrogen and oxygen atoms in total. The number of benzene rings is 3. The lowest BCUT2D eigenvalue weighted by Crippen LogP contribution is -2.29. The van der Waals surface area contributed by atoms with Gasteiger partial charge in [0.2, 0.25) is 0 Å². The summed E-state index contributed by atoms with van der Waals surface area (Å²) in [7, 11) is 0. The second kappa shape index (κ2) is 7.93. The Labute approximate surface area is 148 Å². The first kappa shape index (κ1) is 16.5. The fourth-order valence-electron chi connectivity index (χ4n) is 2.80. The highest BCUT2D eigenvalue weighted by molar-refractivity contribution is 7.80. The third kappa shape index (κ3) is 4.33. The molecule has 0 spiro atoms. The van der Waals surface area contributed by atoms with Gasteiger partial charge in [-0.25, -0.2) is 0 Å². The number of anilines is 1. The highest BCUT2D eigenvalue weighted by Crippen LogP contribution is 2.19. The van der Waals surface area contributed by atoms with E-state index in [2.05, 4.69) is 72.2 Å². The first-order chi connectivity index (χ1) is 11.7. The molecule has 3 rings (SSSR count). The molecule has 0 amide bonds. The molecule has 0 saturated heterocycles. The van der Waals surface area contributed by atoms with E-state index >= 15 is 0 Å². The normalized spacial score (nSPS) is 10.5. The standard InChI is InChI=1S/C21H22N2S/c1-16-11-13-19(14-12-16)23-21(24)22-15-5-9-18-8-4-7-17-6-2-3-10-20(17)18/h2-4,6-8,10-14H,5,9,15H2,1H3,(H2,22,23,24). The van der Waals surface area contributed by atoms with Gasteiger partial charge in [0, 0.05) is 12.2 Å². The van der Waals surface area contributed by atoms with E-state index in [0.717, 1.165) is 25.1 Å². The zero-order valence-electron chi connectivity index (χ0n) is 13.9. The number of aryl methyl sites for hydroxylation is 2. The Morgan fingerprint density at radius 2 is 1.67 bits per heavy atom. The minimum Gasteiger partial charge on any atom is -0.362 e. The van der Waals surface area contributed by atoms with E-state index in [1.165, 1.54) is 21.9 Å². The highest BCUT2D eigenvalue weighted by atomic mass is 32.1. The monoisotopic (exact) mass is 334 g/mol. The number of fused-ring (bicyclic) bond motifs is 1. The largest absolute Gasteiger partial charge is 0.362 e. The Morgan fingerprint density at radius 3 is 2.50 bits per heavy atom. The maximum Gasteiger partial charge on any atom is 0.170 e. The van der Waals surface area contributed by atoms with Gasteiger partial charge in [0.15, 0.2) is 5.11 Å². The average molecular weight is 334 g/mol. The van der Waals surface area contributed by atoms with Gasteiger partial charge in [-0.3, -0.25) is 0 Å². The Kier molecular flexibility index (Phi) is 5.44. The number of thiocarbonyl (C=S) groups is 1. The molecule has 0 heterocycles. The maximum atomic E-state index is 5.35. The summed E-state index contributed by atoms with van der Waals surface area (Å²) in [6, 6.07) is 23.3. The van der Waals surface area contributed by atoms with Gasteiger partial charge < -0.3 is 10.6 Å². The van der Waals surface area contributed by atoms with Gasteiger partial charge >= 0.3 is 0 Å². The molecule has 0 saturated carbocycles. The summed E-state index contributed by atoms with van der Waals surface area (Å²) in [4.78, 5) is 0. The molecule has 122 valence electrons. The lowest BCUT2D eigenvalue weighted by atomic mass is 10.0. The van der Waals surface area contributed by atoms with Crippen LogP contribution in [0.4, 0.5) is 5.69 Å². The number of rotatable bonds is 5. The minimum absolute atomic E-state index is 0.678. The second-order valence-electron chi connectivity index (χ2n) is 5.99. The van der Waals surface area contributed by atoms with Crippen molar-refractivity contribution in [3.8, 4) is 0 Å². The molecule has 0 bridgehead atoms. The van der Waals surface area contributed by atoms with Crippen LogP contribution in [0.15, 0.2) is 66.7 Å². The summed E-state index contributed by atoms with van der Waals surface area (Å²) in [6.45, 7) is 2.94. The van der Waals surface area contributed by atoms with E-state index in [-0.39, 0.29) is 0 Å². The van der Waals surface area contributed by atoms with Crippen LogP contribution in [-0.2, 0) is 6.42 Å². The van der Waals surface area contributed by atoms with Crippen LogP contribution in [0.3, 0.4) is 0 Å². The quantitative estimate of drug-likeness (QED) is 0.503. The molecule has 2 N–H and O–H groups in total. The molecule has 0 unspecified atom stereocenters. The molecule has 0 fully saturated rings. The fourth-order valence-corrected chi connectivity index (χ4v) is 3.02. The summed E-state index contributed by atoms with van der Waals surface area (Å²) in [5.74, 6) is 0. The van der Waals surface area contributed by atoms with Crippen LogP contribution in [0.25, 0.3) is 10.8 Å². The van der Waals surface area contributed by atoms with Crippen molar-refractivity contribution in [2.24, 2.45) is 0 Å². The van der Waals surface area contributed by atoms with Crippen LogP contribution in [0.2, 0.25) is 0 Å². The van der Waals surface area contributed by atoms with E-state index in [1.54, 1.807) is 0 Å². The molecule has 3 heteroatoms. The van der Waals surface area contributed by atoms with Gasteiger partial charge in [0.05, 0.1) is 0 Å². The minimum atomic E-state index is 0.678. The molecule has 0 aromatic heterocycles. The zero-order chi connectivity index (χ0) is 16.8. The molecular weight excluding hydrogens is 312 g/mol. The van der Waals surface area contributed by atoms with E-state index in [4.69, 9.17) is 12.2 Å². The predicted molar refractivity (Wildman–Crippen MR) is 108 cm³/mol. The summed E-state index contributed by atoms with van der Waals surface area (Å²) in [6.07, 6.45) is 2.09. The topological polar surface area (TPSA) is 24.1 Å². The number of hydrogen-bond acceptors (Lipinski definition) is 1. The molecule has 3 aromatic rings.